The zero-order valence-corrected chi connectivity index (χ0v) is 16.3. The van der Waals surface area contributed by atoms with Gasteiger partial charge in [0, 0.05) is 31.2 Å². The normalized spacial score (nSPS) is 11.4. The van der Waals surface area contributed by atoms with Gasteiger partial charge in [0.25, 0.3) is 0 Å². The highest BCUT2D eigenvalue weighted by Crippen LogP contribution is 2.24. The molecule has 6 nitrogen and oxygen atoms in total. The van der Waals surface area contributed by atoms with Gasteiger partial charge in [0.05, 0.1) is 31.0 Å². The zero-order chi connectivity index (χ0) is 19.3. The molecule has 0 unspecified atom stereocenters. The number of nitrogens with zero attached hydrogens (tertiary/aromatic N) is 5. The van der Waals surface area contributed by atoms with Crippen molar-refractivity contribution in [3.8, 4) is 11.4 Å². The number of methoxy groups -OCH3 is 1. The van der Waals surface area contributed by atoms with E-state index in [0.29, 0.717) is 0 Å². The zero-order valence-electron chi connectivity index (χ0n) is 16.3. The fourth-order valence-corrected chi connectivity index (χ4v) is 3.46. The minimum atomic E-state index is 0.782. The van der Waals surface area contributed by atoms with E-state index in [1.165, 1.54) is 0 Å². The summed E-state index contributed by atoms with van der Waals surface area (Å²) in [7, 11) is 3.83. The van der Waals surface area contributed by atoms with E-state index in [9.17, 15) is 0 Å². The molecule has 0 atom stereocenters. The molecule has 0 amide bonds. The van der Waals surface area contributed by atoms with Crippen LogP contribution in [0.2, 0.25) is 0 Å². The first-order chi connectivity index (χ1) is 13.7. The van der Waals surface area contributed by atoms with Gasteiger partial charge in [-0.1, -0.05) is 12.1 Å². The van der Waals surface area contributed by atoms with Crippen molar-refractivity contribution in [1.82, 2.24) is 24.0 Å². The summed E-state index contributed by atoms with van der Waals surface area (Å²) in [5.41, 5.74) is 3.23. The number of ether oxygens (including phenoxy) is 1. The lowest BCUT2D eigenvalue weighted by Crippen LogP contribution is -2.22. The Hall–Kier alpha value is -3.12. The molecule has 0 N–H and O–H groups in total. The second-order valence-electron chi connectivity index (χ2n) is 6.94. The largest absolute Gasteiger partial charge is 0.497 e. The standard InChI is InChI=1S/C22H25N5O/c1-25(13-5-14-26-15-12-23-17-26)16-22-24-20-6-3-4-7-21(20)27(22)18-8-10-19(28-2)11-9-18/h3-4,6-12,15,17H,5,13-14,16H2,1-2H3. The Balaban J connectivity index is 1.55. The summed E-state index contributed by atoms with van der Waals surface area (Å²) in [6.07, 6.45) is 6.75. The first kappa shape index (κ1) is 18.3. The predicted octanol–water partition coefficient (Wildman–Crippen LogP) is 3.75. The number of aryl methyl sites for hydroxylation is 1. The second-order valence-corrected chi connectivity index (χ2v) is 6.94. The van der Waals surface area contributed by atoms with Crippen molar-refractivity contribution >= 4 is 11.0 Å². The van der Waals surface area contributed by atoms with Crippen molar-refractivity contribution in [3.63, 3.8) is 0 Å². The molecule has 0 radical (unpaired) electrons. The minimum Gasteiger partial charge on any atom is -0.497 e. The number of para-hydroxylation sites is 2. The predicted molar refractivity (Wildman–Crippen MR) is 111 cm³/mol. The number of fused-ring (bicyclic) bond motifs is 1. The summed E-state index contributed by atoms with van der Waals surface area (Å²) in [6, 6.07) is 16.4. The van der Waals surface area contributed by atoms with Crippen LogP contribution >= 0.6 is 0 Å². The number of rotatable bonds is 8. The number of aromatic nitrogens is 4. The molecular weight excluding hydrogens is 350 g/mol. The third kappa shape index (κ3) is 3.92. The topological polar surface area (TPSA) is 48.1 Å². The van der Waals surface area contributed by atoms with Crippen molar-refractivity contribution in [2.45, 2.75) is 19.5 Å². The quantitative estimate of drug-likeness (QED) is 0.471. The van der Waals surface area contributed by atoms with E-state index in [4.69, 9.17) is 9.72 Å². The molecule has 0 aliphatic rings. The Morgan fingerprint density at radius 3 is 2.64 bits per heavy atom. The van der Waals surface area contributed by atoms with Gasteiger partial charge in [-0.25, -0.2) is 9.97 Å². The Bertz CT molecular complexity index is 1020. The molecule has 0 spiro atoms. The molecule has 0 bridgehead atoms. The van der Waals surface area contributed by atoms with Crippen LogP contribution in [0.5, 0.6) is 5.75 Å². The lowest BCUT2D eigenvalue weighted by Gasteiger charge is -2.18. The molecule has 0 aliphatic heterocycles. The van der Waals surface area contributed by atoms with Crippen LogP contribution in [0, 0.1) is 0 Å². The molecule has 2 aromatic heterocycles. The van der Waals surface area contributed by atoms with Crippen LogP contribution in [-0.2, 0) is 13.1 Å². The highest BCUT2D eigenvalue weighted by molar-refractivity contribution is 5.78. The molecule has 144 valence electrons. The smallest absolute Gasteiger partial charge is 0.128 e. The fourth-order valence-electron chi connectivity index (χ4n) is 3.46. The molecule has 4 rings (SSSR count). The maximum Gasteiger partial charge on any atom is 0.128 e. The maximum absolute atomic E-state index is 5.30. The molecule has 28 heavy (non-hydrogen) atoms. The SMILES string of the molecule is COc1ccc(-n2c(CN(C)CCCn3ccnc3)nc3ccccc32)cc1. The van der Waals surface area contributed by atoms with Crippen LogP contribution in [0.25, 0.3) is 16.7 Å². The Labute approximate surface area is 165 Å². The molecular formula is C22H25N5O. The van der Waals surface area contributed by atoms with E-state index in [1.807, 2.05) is 36.9 Å². The van der Waals surface area contributed by atoms with Crippen molar-refractivity contribution in [3.05, 3.63) is 73.1 Å². The van der Waals surface area contributed by atoms with E-state index in [1.54, 1.807) is 7.11 Å². The van der Waals surface area contributed by atoms with Gasteiger partial charge in [0.1, 0.15) is 11.6 Å². The third-order valence-corrected chi connectivity index (χ3v) is 4.89. The van der Waals surface area contributed by atoms with Crippen LogP contribution in [0.4, 0.5) is 0 Å². The number of imidazole rings is 2. The average Bonchev–Trinajstić information content (AvgIpc) is 3.35. The molecule has 0 saturated carbocycles. The summed E-state index contributed by atoms with van der Waals surface area (Å²) in [5, 5.41) is 0. The van der Waals surface area contributed by atoms with Gasteiger partial charge in [-0.3, -0.25) is 9.47 Å². The van der Waals surface area contributed by atoms with Crippen LogP contribution in [0.1, 0.15) is 12.2 Å². The summed E-state index contributed by atoms with van der Waals surface area (Å²) in [5.74, 6) is 1.89. The van der Waals surface area contributed by atoms with Crippen LogP contribution in [0.15, 0.2) is 67.3 Å². The molecule has 6 heteroatoms. The van der Waals surface area contributed by atoms with E-state index >= 15 is 0 Å². The molecule has 2 heterocycles. The highest BCUT2D eigenvalue weighted by Gasteiger charge is 2.14. The summed E-state index contributed by atoms with van der Waals surface area (Å²) in [6.45, 7) is 2.74. The van der Waals surface area contributed by atoms with Crippen molar-refractivity contribution in [2.24, 2.45) is 0 Å². The van der Waals surface area contributed by atoms with Gasteiger partial charge < -0.3 is 9.30 Å². The Morgan fingerprint density at radius 2 is 1.89 bits per heavy atom. The monoisotopic (exact) mass is 375 g/mol. The van der Waals surface area contributed by atoms with Gasteiger partial charge in [-0.2, -0.15) is 0 Å². The summed E-state index contributed by atoms with van der Waals surface area (Å²) in [4.78, 5) is 11.3. The fraction of sp³-hybridized carbons (Fsp3) is 0.273. The van der Waals surface area contributed by atoms with Crippen molar-refractivity contribution in [2.75, 3.05) is 20.7 Å². The van der Waals surface area contributed by atoms with Crippen molar-refractivity contribution < 1.29 is 4.74 Å². The first-order valence-corrected chi connectivity index (χ1v) is 9.49. The van der Waals surface area contributed by atoms with Gasteiger partial charge in [0.2, 0.25) is 0 Å². The lowest BCUT2D eigenvalue weighted by atomic mass is 10.2. The van der Waals surface area contributed by atoms with E-state index in [0.717, 1.165) is 54.3 Å². The molecule has 0 fully saturated rings. The van der Waals surface area contributed by atoms with Crippen LogP contribution in [0.3, 0.4) is 0 Å². The van der Waals surface area contributed by atoms with E-state index in [2.05, 4.69) is 56.4 Å². The lowest BCUT2D eigenvalue weighted by molar-refractivity contribution is 0.305. The molecule has 0 saturated heterocycles. The number of hydrogen-bond acceptors (Lipinski definition) is 4. The van der Waals surface area contributed by atoms with E-state index < -0.39 is 0 Å². The second kappa shape index (κ2) is 8.27. The minimum absolute atomic E-state index is 0.782. The third-order valence-electron chi connectivity index (χ3n) is 4.89. The van der Waals surface area contributed by atoms with Crippen molar-refractivity contribution in [1.29, 1.82) is 0 Å². The highest BCUT2D eigenvalue weighted by atomic mass is 16.5. The van der Waals surface area contributed by atoms with Crippen LogP contribution < -0.4 is 4.74 Å². The summed E-state index contributed by atoms with van der Waals surface area (Å²) < 4.78 is 9.65. The van der Waals surface area contributed by atoms with E-state index in [-0.39, 0.29) is 0 Å². The van der Waals surface area contributed by atoms with Crippen LogP contribution in [-0.4, -0.2) is 44.7 Å². The summed E-state index contributed by atoms with van der Waals surface area (Å²) >= 11 is 0. The number of hydrogen-bond donors (Lipinski definition) is 0. The van der Waals surface area contributed by atoms with Gasteiger partial charge in [-0.05, 0) is 49.9 Å². The Morgan fingerprint density at radius 1 is 1.07 bits per heavy atom. The van der Waals surface area contributed by atoms with Gasteiger partial charge in [-0.15, -0.1) is 0 Å². The number of benzene rings is 2. The van der Waals surface area contributed by atoms with Gasteiger partial charge in [0.15, 0.2) is 0 Å². The molecule has 4 aromatic rings. The first-order valence-electron chi connectivity index (χ1n) is 9.49. The molecule has 0 aliphatic carbocycles. The van der Waals surface area contributed by atoms with Gasteiger partial charge >= 0.3 is 0 Å². The average molecular weight is 375 g/mol. The maximum atomic E-state index is 5.30. The molecule has 2 aromatic carbocycles. The Kier molecular flexibility index (Phi) is 5.39.